The van der Waals surface area contributed by atoms with Crippen LogP contribution in [-0.4, -0.2) is 28.0 Å². The van der Waals surface area contributed by atoms with Crippen molar-refractivity contribution >= 4 is 33.2 Å². The summed E-state index contributed by atoms with van der Waals surface area (Å²) in [6.07, 6.45) is 3.28. The number of amides is 1. The molecule has 0 aliphatic heterocycles. The van der Waals surface area contributed by atoms with E-state index < -0.39 is 22.5 Å². The zero-order chi connectivity index (χ0) is 25.2. The first kappa shape index (κ1) is 25.1. The average molecular weight is 513 g/mol. The number of nitrogens with one attached hydrogen (secondary N) is 1. The molecule has 35 heavy (non-hydrogen) atoms. The summed E-state index contributed by atoms with van der Waals surface area (Å²) in [6.45, 7) is 3.39. The van der Waals surface area contributed by atoms with Gasteiger partial charge in [0.1, 0.15) is 12.3 Å². The molecule has 6 nitrogen and oxygen atoms in total. The van der Waals surface area contributed by atoms with Crippen molar-refractivity contribution in [2.45, 2.75) is 44.0 Å². The molecular formula is C27H29ClN2O4S. The van der Waals surface area contributed by atoms with Crippen LogP contribution in [0.2, 0.25) is 5.02 Å². The lowest BCUT2D eigenvalue weighted by molar-refractivity contribution is -0.120. The molecule has 8 heteroatoms. The molecule has 1 amide bonds. The predicted octanol–water partition coefficient (Wildman–Crippen LogP) is 5.22. The number of anilines is 1. The van der Waals surface area contributed by atoms with Crippen LogP contribution in [0.25, 0.3) is 0 Å². The third-order valence-electron chi connectivity index (χ3n) is 6.32. The monoisotopic (exact) mass is 512 g/mol. The first-order valence-electron chi connectivity index (χ1n) is 11.5. The zero-order valence-electron chi connectivity index (χ0n) is 20.0. The van der Waals surface area contributed by atoms with E-state index >= 15 is 0 Å². The summed E-state index contributed by atoms with van der Waals surface area (Å²) in [4.78, 5) is 13.2. The van der Waals surface area contributed by atoms with Gasteiger partial charge in [0.15, 0.2) is 0 Å². The molecule has 1 N–H and O–H groups in total. The van der Waals surface area contributed by atoms with E-state index in [4.69, 9.17) is 16.3 Å². The summed E-state index contributed by atoms with van der Waals surface area (Å²) in [7, 11) is -2.56. The maximum absolute atomic E-state index is 13.6. The van der Waals surface area contributed by atoms with Crippen LogP contribution in [0, 0.1) is 6.92 Å². The standard InChI is InChI=1S/C27H29ClN2O4S/c1-18-7-12-24(13-8-18)35(32,33)30(23-11-14-26(34-3)25(28)16-23)17-27(31)29-19(2)21-10-9-20-5-4-6-22(20)15-21/h7-16,19H,4-6,17H2,1-3H3,(H,29,31)/t19-/m1/s1. The van der Waals surface area contributed by atoms with Gasteiger partial charge >= 0.3 is 0 Å². The topological polar surface area (TPSA) is 75.7 Å². The van der Waals surface area contributed by atoms with Gasteiger partial charge in [-0.1, -0.05) is 47.5 Å². The van der Waals surface area contributed by atoms with Crippen molar-refractivity contribution in [2.75, 3.05) is 18.0 Å². The molecule has 0 fully saturated rings. The van der Waals surface area contributed by atoms with Gasteiger partial charge in [-0.25, -0.2) is 8.42 Å². The molecule has 0 radical (unpaired) electrons. The molecule has 1 atom stereocenters. The van der Waals surface area contributed by atoms with E-state index in [1.54, 1.807) is 24.3 Å². The lowest BCUT2D eigenvalue weighted by Gasteiger charge is -2.25. The van der Waals surface area contributed by atoms with E-state index in [1.165, 1.54) is 36.4 Å². The third-order valence-corrected chi connectivity index (χ3v) is 8.40. The quantitative estimate of drug-likeness (QED) is 0.449. The second-order valence-corrected chi connectivity index (χ2v) is 11.1. The SMILES string of the molecule is COc1ccc(N(CC(=O)N[C@H](C)c2ccc3c(c2)CCC3)S(=O)(=O)c2ccc(C)cc2)cc1Cl. The molecule has 184 valence electrons. The fraction of sp³-hybridized carbons (Fsp3) is 0.296. The highest BCUT2D eigenvalue weighted by atomic mass is 35.5. The Balaban J connectivity index is 1.61. The molecule has 0 saturated carbocycles. The molecule has 0 heterocycles. The van der Waals surface area contributed by atoms with Crippen LogP contribution >= 0.6 is 11.6 Å². The number of fused-ring (bicyclic) bond motifs is 1. The summed E-state index contributed by atoms with van der Waals surface area (Å²) in [5.41, 5.74) is 4.89. The molecule has 3 aromatic rings. The Labute approximate surface area is 211 Å². The Kier molecular flexibility index (Phi) is 7.38. The lowest BCUT2D eigenvalue weighted by atomic mass is 10.0. The molecule has 1 aliphatic rings. The van der Waals surface area contributed by atoms with Crippen LogP contribution in [0.1, 0.15) is 41.6 Å². The number of ether oxygens (including phenoxy) is 1. The van der Waals surface area contributed by atoms with Crippen molar-refractivity contribution in [2.24, 2.45) is 0 Å². The highest BCUT2D eigenvalue weighted by Gasteiger charge is 2.28. The van der Waals surface area contributed by atoms with Crippen LogP contribution in [0.3, 0.4) is 0 Å². The summed E-state index contributed by atoms with van der Waals surface area (Å²) < 4.78 is 33.5. The summed E-state index contributed by atoms with van der Waals surface area (Å²) in [5.74, 6) is -0.00147. The van der Waals surface area contributed by atoms with Gasteiger partial charge in [0.25, 0.3) is 10.0 Å². The number of hydrogen-bond acceptors (Lipinski definition) is 4. The number of hydrogen-bond donors (Lipinski definition) is 1. The second kappa shape index (κ2) is 10.3. The first-order chi connectivity index (χ1) is 16.7. The minimum Gasteiger partial charge on any atom is -0.495 e. The molecule has 1 aliphatic carbocycles. The van der Waals surface area contributed by atoms with Crippen LogP contribution < -0.4 is 14.4 Å². The number of benzene rings is 3. The average Bonchev–Trinajstić information content (AvgIpc) is 3.30. The Morgan fingerprint density at radius 2 is 1.77 bits per heavy atom. The number of carbonyl (C=O) groups excluding carboxylic acids is 1. The largest absolute Gasteiger partial charge is 0.495 e. The van der Waals surface area contributed by atoms with Crippen molar-refractivity contribution in [3.63, 3.8) is 0 Å². The number of halogens is 1. The Bertz CT molecular complexity index is 1340. The van der Waals surface area contributed by atoms with E-state index in [-0.39, 0.29) is 21.6 Å². The van der Waals surface area contributed by atoms with E-state index in [1.807, 2.05) is 19.9 Å². The Hall–Kier alpha value is -3.03. The fourth-order valence-electron chi connectivity index (χ4n) is 4.32. The molecule has 3 aromatic carbocycles. The maximum Gasteiger partial charge on any atom is 0.264 e. The van der Waals surface area contributed by atoms with Crippen LogP contribution in [0.5, 0.6) is 5.75 Å². The van der Waals surface area contributed by atoms with E-state index in [2.05, 4.69) is 17.4 Å². The minimum atomic E-state index is -4.04. The minimum absolute atomic E-state index is 0.0921. The van der Waals surface area contributed by atoms with Crippen molar-refractivity contribution in [3.8, 4) is 5.75 Å². The van der Waals surface area contributed by atoms with Crippen molar-refractivity contribution < 1.29 is 17.9 Å². The molecule has 4 rings (SSSR count). The second-order valence-electron chi connectivity index (χ2n) is 8.81. The summed E-state index contributed by atoms with van der Waals surface area (Å²) in [6, 6.07) is 17.2. The molecule has 0 unspecified atom stereocenters. The van der Waals surface area contributed by atoms with Gasteiger partial charge in [0.2, 0.25) is 5.91 Å². The summed E-state index contributed by atoms with van der Waals surface area (Å²) >= 11 is 6.29. The molecular weight excluding hydrogens is 484 g/mol. The highest BCUT2D eigenvalue weighted by molar-refractivity contribution is 7.92. The van der Waals surface area contributed by atoms with Gasteiger partial charge in [-0.05, 0) is 80.1 Å². The van der Waals surface area contributed by atoms with Gasteiger partial charge in [-0.15, -0.1) is 0 Å². The fourth-order valence-corrected chi connectivity index (χ4v) is 5.99. The van der Waals surface area contributed by atoms with Gasteiger partial charge in [-0.3, -0.25) is 9.10 Å². The Morgan fingerprint density at radius 1 is 1.06 bits per heavy atom. The number of nitrogens with zero attached hydrogens (tertiary/aromatic N) is 1. The van der Waals surface area contributed by atoms with Crippen molar-refractivity contribution in [1.82, 2.24) is 5.32 Å². The molecule has 0 aromatic heterocycles. The Morgan fingerprint density at radius 3 is 2.46 bits per heavy atom. The van der Waals surface area contributed by atoms with E-state index in [0.717, 1.165) is 34.7 Å². The number of carbonyl (C=O) groups is 1. The number of rotatable bonds is 8. The highest BCUT2D eigenvalue weighted by Crippen LogP contribution is 2.32. The van der Waals surface area contributed by atoms with Gasteiger partial charge in [0, 0.05) is 0 Å². The molecule has 0 bridgehead atoms. The van der Waals surface area contributed by atoms with Crippen LogP contribution in [-0.2, 0) is 27.7 Å². The zero-order valence-corrected chi connectivity index (χ0v) is 21.6. The predicted molar refractivity (Wildman–Crippen MR) is 139 cm³/mol. The number of aryl methyl sites for hydroxylation is 3. The van der Waals surface area contributed by atoms with Gasteiger partial charge < -0.3 is 10.1 Å². The van der Waals surface area contributed by atoms with Gasteiger partial charge in [-0.2, -0.15) is 0 Å². The van der Waals surface area contributed by atoms with Crippen LogP contribution in [0.4, 0.5) is 5.69 Å². The third kappa shape index (κ3) is 5.46. The van der Waals surface area contributed by atoms with E-state index in [0.29, 0.717) is 5.75 Å². The first-order valence-corrected chi connectivity index (χ1v) is 13.3. The normalized spacial score (nSPS) is 13.7. The van der Waals surface area contributed by atoms with Gasteiger partial charge in [0.05, 0.1) is 28.8 Å². The molecule has 0 saturated heterocycles. The molecule has 0 spiro atoms. The maximum atomic E-state index is 13.6. The van der Waals surface area contributed by atoms with E-state index in [9.17, 15) is 13.2 Å². The van der Waals surface area contributed by atoms with Crippen LogP contribution in [0.15, 0.2) is 65.6 Å². The summed E-state index contributed by atoms with van der Waals surface area (Å²) in [5, 5.41) is 3.21. The smallest absolute Gasteiger partial charge is 0.264 e. The number of methoxy groups -OCH3 is 1. The van der Waals surface area contributed by atoms with Crippen molar-refractivity contribution in [1.29, 1.82) is 0 Å². The lowest BCUT2D eigenvalue weighted by Crippen LogP contribution is -2.41. The number of sulfonamides is 1. The van der Waals surface area contributed by atoms with Crippen molar-refractivity contribution in [3.05, 3.63) is 87.9 Å².